The van der Waals surface area contributed by atoms with Gasteiger partial charge in [0.1, 0.15) is 6.04 Å². The van der Waals surface area contributed by atoms with Crippen LogP contribution in [0.25, 0.3) is 0 Å². The monoisotopic (exact) mass is 760 g/mol. The summed E-state index contributed by atoms with van der Waals surface area (Å²) in [4.78, 5) is 61.3. The van der Waals surface area contributed by atoms with Gasteiger partial charge in [0.2, 0.25) is 23.6 Å². The molecule has 3 N–H and O–H groups in total. The number of hydrogen-bond donors (Lipinski definition) is 3. The number of methoxy groups -OCH3 is 2. The van der Waals surface area contributed by atoms with Gasteiger partial charge in [0, 0.05) is 33.9 Å². The predicted molar refractivity (Wildman–Crippen MR) is 213 cm³/mol. The fourth-order valence-corrected chi connectivity index (χ4v) is 7.93. The fourth-order valence-electron chi connectivity index (χ4n) is 7.93. The number of nitrogens with zero attached hydrogens (tertiary/aromatic N) is 3. The Morgan fingerprint density at radius 1 is 0.889 bits per heavy atom. The second-order valence-electron chi connectivity index (χ2n) is 16.4. The Labute approximate surface area is 326 Å². The van der Waals surface area contributed by atoms with Crippen molar-refractivity contribution in [3.63, 3.8) is 0 Å². The normalized spacial score (nSPS) is 19.9. The number of likely N-dealkylation sites (tertiary alicyclic amines) is 1. The SMILES string of the molecule is CC[C@H](C)C([C@H](CC(=O)N1CCC[C@H]1[C@H](OC)[C@H](C)C(=O)NC(C)[C@@H](O)c1ccccc1)OC)N(C)C(=O)C(NC(=O)[C@@H](C(C)C)N(C)C(C)C)C(C)C. The zero-order valence-electron chi connectivity index (χ0n) is 35.7. The summed E-state index contributed by atoms with van der Waals surface area (Å²) in [7, 11) is 6.80. The Kier molecular flexibility index (Phi) is 19.1. The highest BCUT2D eigenvalue weighted by molar-refractivity contribution is 5.90. The van der Waals surface area contributed by atoms with Crippen LogP contribution in [0.1, 0.15) is 107 Å². The van der Waals surface area contributed by atoms with E-state index < -0.39 is 48.4 Å². The first-order chi connectivity index (χ1) is 25.3. The minimum atomic E-state index is -0.877. The molecule has 1 heterocycles. The Morgan fingerprint density at radius 2 is 1.50 bits per heavy atom. The number of ether oxygens (including phenoxy) is 2. The molecule has 54 heavy (non-hydrogen) atoms. The second-order valence-corrected chi connectivity index (χ2v) is 16.4. The molecule has 12 heteroatoms. The van der Waals surface area contributed by atoms with Crippen LogP contribution in [0.4, 0.5) is 0 Å². The van der Waals surface area contributed by atoms with E-state index in [9.17, 15) is 24.3 Å². The van der Waals surface area contributed by atoms with Gasteiger partial charge in [0.25, 0.3) is 0 Å². The minimum absolute atomic E-state index is 0.0197. The molecule has 1 aromatic rings. The molecule has 0 saturated carbocycles. The van der Waals surface area contributed by atoms with E-state index in [1.807, 2.05) is 90.7 Å². The van der Waals surface area contributed by atoms with Gasteiger partial charge in [-0.15, -0.1) is 0 Å². The van der Waals surface area contributed by atoms with Gasteiger partial charge in [-0.3, -0.25) is 24.1 Å². The molecule has 12 nitrogen and oxygen atoms in total. The van der Waals surface area contributed by atoms with Crippen LogP contribution in [0.2, 0.25) is 0 Å². The molecule has 1 fully saturated rings. The van der Waals surface area contributed by atoms with E-state index in [1.165, 1.54) is 0 Å². The zero-order chi connectivity index (χ0) is 41.0. The number of amides is 4. The summed E-state index contributed by atoms with van der Waals surface area (Å²) in [6, 6.07) is 6.85. The largest absolute Gasteiger partial charge is 0.386 e. The van der Waals surface area contributed by atoms with Gasteiger partial charge in [-0.25, -0.2) is 0 Å². The van der Waals surface area contributed by atoms with E-state index in [0.29, 0.717) is 18.5 Å². The van der Waals surface area contributed by atoms with Crippen molar-refractivity contribution < 1.29 is 33.8 Å². The third-order valence-electron chi connectivity index (χ3n) is 11.6. The number of carbonyl (C=O) groups is 4. The summed E-state index contributed by atoms with van der Waals surface area (Å²) in [5, 5.41) is 16.9. The Balaban J connectivity index is 2.27. The Bertz CT molecular complexity index is 1330. The lowest BCUT2D eigenvalue weighted by molar-refractivity contribution is -0.148. The summed E-state index contributed by atoms with van der Waals surface area (Å²) >= 11 is 0. The third-order valence-corrected chi connectivity index (χ3v) is 11.6. The van der Waals surface area contributed by atoms with Crippen molar-refractivity contribution in [3.8, 4) is 0 Å². The van der Waals surface area contributed by atoms with Gasteiger partial charge in [0.15, 0.2) is 0 Å². The topological polar surface area (TPSA) is 141 Å². The van der Waals surface area contributed by atoms with E-state index in [2.05, 4.69) is 17.6 Å². The number of carbonyl (C=O) groups excluding carboxylic acids is 4. The molecule has 0 aliphatic carbocycles. The molecule has 1 aliphatic heterocycles. The van der Waals surface area contributed by atoms with Gasteiger partial charge >= 0.3 is 0 Å². The maximum atomic E-state index is 14.3. The summed E-state index contributed by atoms with van der Waals surface area (Å²) in [6.07, 6.45) is 0.136. The van der Waals surface area contributed by atoms with E-state index in [-0.39, 0.29) is 59.9 Å². The van der Waals surface area contributed by atoms with Crippen molar-refractivity contribution >= 4 is 23.6 Å². The Hall–Kier alpha value is -3.06. The van der Waals surface area contributed by atoms with Crippen molar-refractivity contribution in [3.05, 3.63) is 35.9 Å². The number of nitrogens with one attached hydrogen (secondary N) is 2. The fraction of sp³-hybridized carbons (Fsp3) is 0.762. The minimum Gasteiger partial charge on any atom is -0.386 e. The number of aliphatic hydroxyl groups is 1. The highest BCUT2D eigenvalue weighted by Gasteiger charge is 2.43. The molecule has 0 radical (unpaired) electrons. The molecule has 1 aromatic carbocycles. The molecule has 308 valence electrons. The van der Waals surface area contributed by atoms with Crippen LogP contribution in [0.3, 0.4) is 0 Å². The number of likely N-dealkylation sites (N-methyl/N-ethyl adjacent to an activating group) is 2. The quantitative estimate of drug-likeness (QED) is 0.165. The van der Waals surface area contributed by atoms with Gasteiger partial charge in [-0.1, -0.05) is 85.2 Å². The Morgan fingerprint density at radius 3 is 2.00 bits per heavy atom. The van der Waals surface area contributed by atoms with Gasteiger partial charge in [-0.05, 0) is 64.0 Å². The van der Waals surface area contributed by atoms with Crippen molar-refractivity contribution in [1.82, 2.24) is 25.3 Å². The van der Waals surface area contributed by atoms with Crippen LogP contribution in [0, 0.1) is 23.7 Å². The molecular weight excluding hydrogens is 686 g/mol. The number of benzene rings is 1. The van der Waals surface area contributed by atoms with Gasteiger partial charge in [-0.2, -0.15) is 0 Å². The number of rotatable bonds is 21. The maximum absolute atomic E-state index is 14.3. The molecule has 2 rings (SSSR count). The van der Waals surface area contributed by atoms with Crippen LogP contribution in [0.15, 0.2) is 30.3 Å². The first kappa shape index (κ1) is 47.1. The summed E-state index contributed by atoms with van der Waals surface area (Å²) in [5.74, 6) is -1.57. The first-order valence-electron chi connectivity index (χ1n) is 20.0. The molecule has 3 unspecified atom stereocenters. The summed E-state index contributed by atoms with van der Waals surface area (Å²) < 4.78 is 12.0. The highest BCUT2D eigenvalue weighted by Crippen LogP contribution is 2.30. The van der Waals surface area contributed by atoms with Gasteiger partial charge < -0.3 is 35.0 Å². The van der Waals surface area contributed by atoms with E-state index in [1.54, 1.807) is 44.9 Å². The van der Waals surface area contributed by atoms with Crippen LogP contribution in [0.5, 0.6) is 0 Å². The predicted octanol–water partition coefficient (Wildman–Crippen LogP) is 4.65. The third kappa shape index (κ3) is 12.0. The van der Waals surface area contributed by atoms with Crippen LogP contribution in [-0.4, -0.2) is 127 Å². The van der Waals surface area contributed by atoms with Crippen molar-refractivity contribution in [2.75, 3.05) is 34.9 Å². The number of hydrogen-bond acceptors (Lipinski definition) is 8. The van der Waals surface area contributed by atoms with Crippen LogP contribution in [-0.2, 0) is 28.7 Å². The van der Waals surface area contributed by atoms with Crippen LogP contribution >= 0.6 is 0 Å². The first-order valence-corrected chi connectivity index (χ1v) is 20.0. The smallest absolute Gasteiger partial charge is 0.245 e. The van der Waals surface area contributed by atoms with Crippen molar-refractivity contribution in [2.24, 2.45) is 23.7 Å². The summed E-state index contributed by atoms with van der Waals surface area (Å²) in [5.41, 5.74) is 0.711. The highest BCUT2D eigenvalue weighted by atomic mass is 16.5. The number of aliphatic hydroxyl groups excluding tert-OH is 1. The molecule has 1 aliphatic rings. The average Bonchev–Trinajstić information content (AvgIpc) is 3.62. The molecular formula is C42H73N5O7. The molecule has 0 bridgehead atoms. The molecule has 1 saturated heterocycles. The van der Waals surface area contributed by atoms with E-state index in [0.717, 1.165) is 12.8 Å². The second kappa shape index (κ2) is 21.9. The molecule has 0 spiro atoms. The molecule has 10 atom stereocenters. The van der Waals surface area contributed by atoms with Gasteiger partial charge in [0.05, 0.1) is 54.8 Å². The van der Waals surface area contributed by atoms with Crippen molar-refractivity contribution in [2.45, 2.75) is 149 Å². The van der Waals surface area contributed by atoms with Crippen LogP contribution < -0.4 is 10.6 Å². The van der Waals surface area contributed by atoms with E-state index in [4.69, 9.17) is 9.47 Å². The maximum Gasteiger partial charge on any atom is 0.245 e. The zero-order valence-corrected chi connectivity index (χ0v) is 35.7. The van der Waals surface area contributed by atoms with Crippen molar-refractivity contribution in [1.29, 1.82) is 0 Å². The lowest BCUT2D eigenvalue weighted by Crippen LogP contribution is -2.60. The van der Waals surface area contributed by atoms with E-state index >= 15 is 0 Å². The summed E-state index contributed by atoms with van der Waals surface area (Å²) in [6.45, 7) is 20.1. The standard InChI is InChI=1S/C42H73N5O7/c1-15-28(8)37(46(12)42(52)35(25(2)3)44-41(51)36(26(4)5)45(11)27(6)7)33(53-13)24-34(48)47-23-19-22-32(47)39(54-14)29(9)40(50)43-30(10)38(49)31-20-17-16-18-21-31/h16-18,20-21,25-30,32-33,35-39,49H,15,19,22-24H2,1-14H3,(H,43,50)(H,44,51)/t28-,29-,30?,32-,33-,35?,36+,37?,38+,39+/m0/s1. The lowest BCUT2D eigenvalue weighted by atomic mass is 9.89. The lowest BCUT2D eigenvalue weighted by Gasteiger charge is -2.41. The average molecular weight is 760 g/mol. The molecule has 0 aromatic heterocycles. The molecule has 4 amide bonds.